The van der Waals surface area contributed by atoms with Gasteiger partial charge in [0.2, 0.25) is 11.8 Å². The molecule has 0 unspecified atom stereocenters. The smallest absolute Gasteiger partial charge is 0.244 e. The van der Waals surface area contributed by atoms with E-state index in [1.54, 1.807) is 25.1 Å². The van der Waals surface area contributed by atoms with E-state index in [4.69, 9.17) is 0 Å². The number of carbonyl (C=O) groups is 2. The number of phenols is 1. The van der Waals surface area contributed by atoms with Crippen molar-refractivity contribution in [3.8, 4) is 5.75 Å². The standard InChI is InChI=1S/C19H20F2N2O3/c1-2-23(18(26)11-10-13-6-3-4-9-16(13)24)12-17(25)22-19-14(20)7-5-8-15(19)21/h3-9,24H,2,10-12H2,1H3,(H,22,25). The summed E-state index contributed by atoms with van der Waals surface area (Å²) in [6.07, 6.45) is 0.429. The molecule has 2 aromatic rings. The van der Waals surface area contributed by atoms with Crippen LogP contribution < -0.4 is 5.32 Å². The maximum atomic E-state index is 13.6. The van der Waals surface area contributed by atoms with Crippen molar-refractivity contribution in [3.63, 3.8) is 0 Å². The number of benzene rings is 2. The largest absolute Gasteiger partial charge is 0.508 e. The molecule has 0 fully saturated rings. The minimum absolute atomic E-state index is 0.104. The molecule has 138 valence electrons. The normalized spacial score (nSPS) is 10.4. The number of rotatable bonds is 7. The molecule has 0 heterocycles. The molecular weight excluding hydrogens is 342 g/mol. The van der Waals surface area contributed by atoms with Crippen LogP contribution >= 0.6 is 0 Å². The number of phenolic OH excluding ortho intramolecular Hbond substituents is 1. The first-order chi connectivity index (χ1) is 12.4. The molecule has 2 rings (SSSR count). The van der Waals surface area contributed by atoms with Gasteiger partial charge in [-0.1, -0.05) is 24.3 Å². The average Bonchev–Trinajstić information content (AvgIpc) is 2.62. The number of amides is 2. The van der Waals surface area contributed by atoms with Gasteiger partial charge in [-0.2, -0.15) is 0 Å². The highest BCUT2D eigenvalue weighted by Gasteiger charge is 2.18. The lowest BCUT2D eigenvalue weighted by molar-refractivity contribution is -0.134. The number of anilines is 1. The number of para-hydroxylation sites is 2. The zero-order valence-electron chi connectivity index (χ0n) is 14.3. The predicted molar refractivity (Wildman–Crippen MR) is 93.7 cm³/mol. The van der Waals surface area contributed by atoms with Crippen molar-refractivity contribution in [1.82, 2.24) is 4.90 Å². The first-order valence-electron chi connectivity index (χ1n) is 8.21. The molecule has 0 aliphatic rings. The zero-order chi connectivity index (χ0) is 19.1. The van der Waals surface area contributed by atoms with Crippen molar-refractivity contribution in [1.29, 1.82) is 0 Å². The van der Waals surface area contributed by atoms with Gasteiger partial charge in [-0.05, 0) is 37.1 Å². The number of carbonyl (C=O) groups excluding carboxylic acids is 2. The van der Waals surface area contributed by atoms with Crippen LogP contribution in [0, 0.1) is 11.6 Å². The van der Waals surface area contributed by atoms with Crippen LogP contribution in [-0.4, -0.2) is 34.9 Å². The van der Waals surface area contributed by atoms with E-state index in [-0.39, 0.29) is 31.2 Å². The van der Waals surface area contributed by atoms with Crippen molar-refractivity contribution >= 4 is 17.5 Å². The van der Waals surface area contributed by atoms with Crippen molar-refractivity contribution in [2.45, 2.75) is 19.8 Å². The Morgan fingerprint density at radius 3 is 2.35 bits per heavy atom. The van der Waals surface area contributed by atoms with E-state index >= 15 is 0 Å². The van der Waals surface area contributed by atoms with Gasteiger partial charge in [-0.3, -0.25) is 9.59 Å². The molecule has 0 bridgehead atoms. The zero-order valence-corrected chi connectivity index (χ0v) is 14.3. The number of nitrogens with zero attached hydrogens (tertiary/aromatic N) is 1. The number of likely N-dealkylation sites (N-methyl/N-ethyl adjacent to an activating group) is 1. The molecular formula is C19H20F2N2O3. The van der Waals surface area contributed by atoms with E-state index in [1.807, 2.05) is 0 Å². The Morgan fingerprint density at radius 1 is 1.08 bits per heavy atom. The van der Waals surface area contributed by atoms with Gasteiger partial charge in [0, 0.05) is 13.0 Å². The van der Waals surface area contributed by atoms with Gasteiger partial charge in [-0.15, -0.1) is 0 Å². The fraction of sp³-hybridized carbons (Fsp3) is 0.263. The van der Waals surface area contributed by atoms with Crippen LogP contribution in [0.3, 0.4) is 0 Å². The van der Waals surface area contributed by atoms with Gasteiger partial charge in [0.15, 0.2) is 0 Å². The van der Waals surface area contributed by atoms with E-state index in [2.05, 4.69) is 5.32 Å². The molecule has 2 aromatic carbocycles. The second-order valence-electron chi connectivity index (χ2n) is 5.68. The van der Waals surface area contributed by atoms with E-state index in [1.165, 1.54) is 17.0 Å². The third kappa shape index (κ3) is 5.02. The first-order valence-corrected chi connectivity index (χ1v) is 8.21. The molecule has 2 amide bonds. The van der Waals surface area contributed by atoms with Crippen molar-refractivity contribution < 1.29 is 23.5 Å². The highest BCUT2D eigenvalue weighted by molar-refractivity contribution is 5.94. The average molecular weight is 362 g/mol. The molecule has 0 spiro atoms. The Kier molecular flexibility index (Phi) is 6.66. The predicted octanol–water partition coefficient (Wildman–Crippen LogP) is 3.09. The van der Waals surface area contributed by atoms with Crippen molar-refractivity contribution in [2.75, 3.05) is 18.4 Å². The monoisotopic (exact) mass is 362 g/mol. The molecule has 0 radical (unpaired) electrons. The topological polar surface area (TPSA) is 69.6 Å². The van der Waals surface area contributed by atoms with E-state index in [9.17, 15) is 23.5 Å². The van der Waals surface area contributed by atoms with Crippen LogP contribution in [0.2, 0.25) is 0 Å². The highest BCUT2D eigenvalue weighted by Crippen LogP contribution is 2.19. The third-order valence-electron chi connectivity index (χ3n) is 3.90. The summed E-state index contributed by atoms with van der Waals surface area (Å²) in [4.78, 5) is 25.6. The van der Waals surface area contributed by atoms with Crippen LogP contribution in [0.1, 0.15) is 18.9 Å². The quantitative estimate of drug-likeness (QED) is 0.795. The van der Waals surface area contributed by atoms with E-state index in [0.29, 0.717) is 12.0 Å². The van der Waals surface area contributed by atoms with Gasteiger partial charge in [0.1, 0.15) is 23.1 Å². The molecule has 0 saturated carbocycles. The molecule has 0 saturated heterocycles. The number of nitrogens with one attached hydrogen (secondary N) is 1. The number of halogens is 2. The number of hydrogen-bond donors (Lipinski definition) is 2. The molecule has 2 N–H and O–H groups in total. The summed E-state index contributed by atoms with van der Waals surface area (Å²) in [5.74, 6) is -2.64. The van der Waals surface area contributed by atoms with Gasteiger partial charge < -0.3 is 15.3 Å². The molecule has 26 heavy (non-hydrogen) atoms. The van der Waals surface area contributed by atoms with Crippen LogP contribution in [0.5, 0.6) is 5.75 Å². The Labute approximate surface area is 150 Å². The molecule has 5 nitrogen and oxygen atoms in total. The fourth-order valence-corrected chi connectivity index (χ4v) is 2.47. The Morgan fingerprint density at radius 2 is 1.73 bits per heavy atom. The van der Waals surface area contributed by atoms with Crippen LogP contribution in [0.15, 0.2) is 42.5 Å². The summed E-state index contributed by atoms with van der Waals surface area (Å²) in [5, 5.41) is 11.9. The minimum atomic E-state index is -0.882. The van der Waals surface area contributed by atoms with Crippen molar-refractivity contribution in [3.05, 3.63) is 59.7 Å². The minimum Gasteiger partial charge on any atom is -0.508 e. The number of aromatic hydroxyl groups is 1. The number of hydrogen-bond acceptors (Lipinski definition) is 3. The summed E-state index contributed by atoms with van der Waals surface area (Å²) in [7, 11) is 0. The van der Waals surface area contributed by atoms with Gasteiger partial charge >= 0.3 is 0 Å². The summed E-state index contributed by atoms with van der Waals surface area (Å²) in [5.41, 5.74) is 0.102. The highest BCUT2D eigenvalue weighted by atomic mass is 19.1. The number of aryl methyl sites for hydroxylation is 1. The molecule has 7 heteroatoms. The lowest BCUT2D eigenvalue weighted by Gasteiger charge is -2.20. The van der Waals surface area contributed by atoms with Crippen LogP contribution in [0.25, 0.3) is 0 Å². The summed E-state index contributed by atoms with van der Waals surface area (Å²) in [6.45, 7) is 1.66. The fourth-order valence-electron chi connectivity index (χ4n) is 2.47. The Balaban J connectivity index is 1.94. The SMILES string of the molecule is CCN(CC(=O)Nc1c(F)cccc1F)C(=O)CCc1ccccc1O. The van der Waals surface area contributed by atoms with Crippen LogP contribution in [-0.2, 0) is 16.0 Å². The molecule has 0 aliphatic heterocycles. The van der Waals surface area contributed by atoms with Crippen LogP contribution in [0.4, 0.5) is 14.5 Å². The van der Waals surface area contributed by atoms with Crippen molar-refractivity contribution in [2.24, 2.45) is 0 Å². The summed E-state index contributed by atoms with van der Waals surface area (Å²) < 4.78 is 27.2. The Hall–Kier alpha value is -2.96. The Bertz CT molecular complexity index is 776. The van der Waals surface area contributed by atoms with Gasteiger partial charge in [-0.25, -0.2) is 8.78 Å². The van der Waals surface area contributed by atoms with Gasteiger partial charge in [0.05, 0.1) is 6.54 Å². The molecule has 0 aromatic heterocycles. The summed E-state index contributed by atoms with van der Waals surface area (Å²) >= 11 is 0. The van der Waals surface area contributed by atoms with Gasteiger partial charge in [0.25, 0.3) is 0 Å². The third-order valence-corrected chi connectivity index (χ3v) is 3.90. The van der Waals surface area contributed by atoms with E-state index in [0.717, 1.165) is 12.1 Å². The second kappa shape index (κ2) is 8.94. The maximum Gasteiger partial charge on any atom is 0.244 e. The maximum absolute atomic E-state index is 13.6. The lowest BCUT2D eigenvalue weighted by atomic mass is 10.1. The lowest BCUT2D eigenvalue weighted by Crippen LogP contribution is -2.38. The molecule has 0 aliphatic carbocycles. The summed E-state index contributed by atoms with van der Waals surface area (Å²) in [6, 6.07) is 9.96. The molecule has 0 atom stereocenters. The first kappa shape index (κ1) is 19.4. The van der Waals surface area contributed by atoms with E-state index < -0.39 is 23.2 Å². The second-order valence-corrected chi connectivity index (χ2v) is 5.68.